The predicted molar refractivity (Wildman–Crippen MR) is 65.1 cm³/mol. The van der Waals surface area contributed by atoms with Crippen molar-refractivity contribution in [3.63, 3.8) is 0 Å². The van der Waals surface area contributed by atoms with Crippen molar-refractivity contribution in [1.82, 2.24) is 15.0 Å². The standard InChI is InChI=1S/C12H15N3O4/c1-8(12(16)17)6-15(2)7-10-13-11(19-14-10)9-4-3-5-18-9/h3-5,8H,6-7H2,1-2H3,(H,16,17). The Kier molecular flexibility index (Phi) is 3.96. The minimum Gasteiger partial charge on any atom is -0.481 e. The summed E-state index contributed by atoms with van der Waals surface area (Å²) in [5, 5.41) is 12.7. The van der Waals surface area contributed by atoms with E-state index < -0.39 is 11.9 Å². The van der Waals surface area contributed by atoms with Gasteiger partial charge in [0, 0.05) is 6.54 Å². The van der Waals surface area contributed by atoms with Crippen molar-refractivity contribution < 1.29 is 18.8 Å². The molecule has 7 nitrogen and oxygen atoms in total. The molecule has 0 amide bonds. The van der Waals surface area contributed by atoms with E-state index in [4.69, 9.17) is 14.0 Å². The number of carboxylic acids is 1. The quantitative estimate of drug-likeness (QED) is 0.845. The number of nitrogens with zero attached hydrogens (tertiary/aromatic N) is 3. The van der Waals surface area contributed by atoms with Crippen LogP contribution >= 0.6 is 0 Å². The summed E-state index contributed by atoms with van der Waals surface area (Å²) in [6, 6.07) is 3.47. The molecule has 7 heteroatoms. The summed E-state index contributed by atoms with van der Waals surface area (Å²) in [6.07, 6.45) is 1.53. The average Bonchev–Trinajstić information content (AvgIpc) is 2.97. The molecule has 0 radical (unpaired) electrons. The Morgan fingerprint density at radius 3 is 3.00 bits per heavy atom. The number of aromatic nitrogens is 2. The van der Waals surface area contributed by atoms with Crippen molar-refractivity contribution in [1.29, 1.82) is 0 Å². The lowest BCUT2D eigenvalue weighted by molar-refractivity contribution is -0.141. The van der Waals surface area contributed by atoms with Gasteiger partial charge in [-0.2, -0.15) is 4.98 Å². The van der Waals surface area contributed by atoms with E-state index in [1.165, 1.54) is 6.26 Å². The number of carbonyl (C=O) groups is 1. The normalized spacial score (nSPS) is 12.8. The Hall–Kier alpha value is -2.15. The fourth-order valence-electron chi connectivity index (χ4n) is 1.67. The summed E-state index contributed by atoms with van der Waals surface area (Å²) in [4.78, 5) is 16.8. The predicted octanol–water partition coefficient (Wildman–Crippen LogP) is 1.48. The van der Waals surface area contributed by atoms with Crippen LogP contribution in [0, 0.1) is 5.92 Å². The van der Waals surface area contributed by atoms with Crippen LogP contribution in [0.1, 0.15) is 12.7 Å². The molecule has 1 N–H and O–H groups in total. The van der Waals surface area contributed by atoms with Crippen LogP contribution in [0.25, 0.3) is 11.7 Å². The number of rotatable bonds is 6. The van der Waals surface area contributed by atoms with E-state index in [1.54, 1.807) is 19.1 Å². The van der Waals surface area contributed by atoms with Crippen LogP contribution in [0.2, 0.25) is 0 Å². The molecule has 0 fully saturated rings. The van der Waals surface area contributed by atoms with Gasteiger partial charge >= 0.3 is 5.97 Å². The number of carboxylic acid groups (broad SMARTS) is 1. The van der Waals surface area contributed by atoms with E-state index >= 15 is 0 Å². The van der Waals surface area contributed by atoms with Crippen molar-refractivity contribution >= 4 is 5.97 Å². The van der Waals surface area contributed by atoms with Crippen molar-refractivity contribution in [2.45, 2.75) is 13.5 Å². The number of aliphatic carboxylic acids is 1. The minimum absolute atomic E-state index is 0.319. The molecule has 0 bridgehead atoms. The van der Waals surface area contributed by atoms with Gasteiger partial charge in [0.05, 0.1) is 18.7 Å². The highest BCUT2D eigenvalue weighted by atomic mass is 16.5. The van der Waals surface area contributed by atoms with Gasteiger partial charge in [-0.05, 0) is 19.2 Å². The van der Waals surface area contributed by atoms with Crippen LogP contribution in [0.3, 0.4) is 0 Å². The van der Waals surface area contributed by atoms with E-state index in [1.807, 2.05) is 11.9 Å². The van der Waals surface area contributed by atoms with Crippen LogP contribution in [-0.2, 0) is 11.3 Å². The molecule has 1 unspecified atom stereocenters. The molecule has 0 saturated heterocycles. The first-order valence-electron chi connectivity index (χ1n) is 5.84. The fourth-order valence-corrected chi connectivity index (χ4v) is 1.67. The van der Waals surface area contributed by atoms with Crippen LogP contribution in [0.15, 0.2) is 27.3 Å². The van der Waals surface area contributed by atoms with E-state index in [9.17, 15) is 4.79 Å². The third kappa shape index (κ3) is 3.41. The Morgan fingerprint density at radius 1 is 1.58 bits per heavy atom. The van der Waals surface area contributed by atoms with Gasteiger partial charge in [0.15, 0.2) is 11.6 Å². The first kappa shape index (κ1) is 13.3. The molecule has 0 aliphatic carbocycles. The molecule has 0 aliphatic heterocycles. The van der Waals surface area contributed by atoms with Gasteiger partial charge in [-0.1, -0.05) is 12.1 Å². The largest absolute Gasteiger partial charge is 0.481 e. The Labute approximate surface area is 109 Å². The van der Waals surface area contributed by atoms with Crippen LogP contribution in [0.4, 0.5) is 0 Å². The first-order valence-corrected chi connectivity index (χ1v) is 5.84. The van der Waals surface area contributed by atoms with Gasteiger partial charge in [0.2, 0.25) is 0 Å². The maximum atomic E-state index is 10.8. The number of hydrogen-bond acceptors (Lipinski definition) is 6. The zero-order chi connectivity index (χ0) is 13.8. The monoisotopic (exact) mass is 265 g/mol. The summed E-state index contributed by atoms with van der Waals surface area (Å²) in [7, 11) is 1.81. The maximum absolute atomic E-state index is 10.8. The highest BCUT2D eigenvalue weighted by molar-refractivity contribution is 5.69. The van der Waals surface area contributed by atoms with E-state index in [0.717, 1.165) is 0 Å². The lowest BCUT2D eigenvalue weighted by Crippen LogP contribution is -2.28. The maximum Gasteiger partial charge on any atom is 0.307 e. The second-order valence-electron chi connectivity index (χ2n) is 4.43. The summed E-state index contributed by atoms with van der Waals surface area (Å²) < 4.78 is 10.2. The fraction of sp³-hybridized carbons (Fsp3) is 0.417. The summed E-state index contributed by atoms with van der Waals surface area (Å²) in [6.45, 7) is 2.49. The molecule has 0 spiro atoms. The second-order valence-corrected chi connectivity index (χ2v) is 4.43. The lowest BCUT2D eigenvalue weighted by atomic mass is 10.2. The lowest BCUT2D eigenvalue weighted by Gasteiger charge is -2.16. The second kappa shape index (κ2) is 5.66. The Morgan fingerprint density at radius 2 is 2.37 bits per heavy atom. The van der Waals surface area contributed by atoms with Crippen molar-refractivity contribution in [2.75, 3.05) is 13.6 Å². The highest BCUT2D eigenvalue weighted by Gasteiger charge is 2.16. The zero-order valence-electron chi connectivity index (χ0n) is 10.7. The average molecular weight is 265 g/mol. The molecule has 0 aliphatic rings. The smallest absolute Gasteiger partial charge is 0.307 e. The summed E-state index contributed by atoms with van der Waals surface area (Å²) >= 11 is 0. The van der Waals surface area contributed by atoms with Crippen LogP contribution in [-0.4, -0.2) is 39.7 Å². The molecule has 0 aromatic carbocycles. The zero-order valence-corrected chi connectivity index (χ0v) is 10.7. The first-order chi connectivity index (χ1) is 9.06. The molecule has 2 aromatic heterocycles. The molecule has 19 heavy (non-hydrogen) atoms. The van der Waals surface area contributed by atoms with Gasteiger partial charge in [0.25, 0.3) is 5.89 Å². The Balaban J connectivity index is 1.95. The van der Waals surface area contributed by atoms with Crippen LogP contribution < -0.4 is 0 Å². The van der Waals surface area contributed by atoms with E-state index in [2.05, 4.69) is 10.1 Å². The third-order valence-corrected chi connectivity index (χ3v) is 2.62. The van der Waals surface area contributed by atoms with E-state index in [-0.39, 0.29) is 0 Å². The van der Waals surface area contributed by atoms with Crippen molar-refractivity contribution in [3.05, 3.63) is 24.2 Å². The summed E-state index contributed by atoms with van der Waals surface area (Å²) in [5.74, 6) is 0.0594. The van der Waals surface area contributed by atoms with Gasteiger partial charge in [-0.3, -0.25) is 9.69 Å². The van der Waals surface area contributed by atoms with Crippen molar-refractivity contribution in [2.24, 2.45) is 5.92 Å². The molecular formula is C12H15N3O4. The topological polar surface area (TPSA) is 92.6 Å². The van der Waals surface area contributed by atoms with E-state index in [0.29, 0.717) is 30.6 Å². The molecule has 2 rings (SSSR count). The molecular weight excluding hydrogens is 250 g/mol. The van der Waals surface area contributed by atoms with Gasteiger partial charge in [0.1, 0.15) is 0 Å². The molecule has 2 heterocycles. The third-order valence-electron chi connectivity index (χ3n) is 2.62. The van der Waals surface area contributed by atoms with Crippen molar-refractivity contribution in [3.8, 4) is 11.7 Å². The molecule has 1 atom stereocenters. The van der Waals surface area contributed by atoms with Crippen LogP contribution in [0.5, 0.6) is 0 Å². The van der Waals surface area contributed by atoms with Gasteiger partial charge < -0.3 is 14.0 Å². The number of furan rings is 1. The number of hydrogen-bond donors (Lipinski definition) is 1. The molecule has 102 valence electrons. The SMILES string of the molecule is CC(CN(C)Cc1noc(-c2ccco2)n1)C(=O)O. The van der Waals surface area contributed by atoms with Gasteiger partial charge in [-0.25, -0.2) is 0 Å². The Bertz CT molecular complexity index is 535. The van der Waals surface area contributed by atoms with Gasteiger partial charge in [-0.15, -0.1) is 0 Å². The highest BCUT2D eigenvalue weighted by Crippen LogP contribution is 2.17. The molecule has 0 saturated carbocycles. The minimum atomic E-state index is -0.823. The molecule has 2 aromatic rings. The summed E-state index contributed by atoms with van der Waals surface area (Å²) in [5.41, 5.74) is 0.